The van der Waals surface area contributed by atoms with Gasteiger partial charge >= 0.3 is 0 Å². The van der Waals surface area contributed by atoms with Crippen molar-refractivity contribution in [3.05, 3.63) is 89.6 Å². The number of hydrogen-bond donors (Lipinski definition) is 2. The molecular formula is C29H27N3O2. The number of carbonyl (C=O) groups excluding carboxylic acids is 1. The number of benzene rings is 3. The lowest BCUT2D eigenvalue weighted by atomic mass is 10.00. The van der Waals surface area contributed by atoms with E-state index in [2.05, 4.69) is 64.6 Å². The Morgan fingerprint density at radius 2 is 1.62 bits per heavy atom. The zero-order valence-corrected chi connectivity index (χ0v) is 19.2. The summed E-state index contributed by atoms with van der Waals surface area (Å²) in [7, 11) is 1.68. The first kappa shape index (κ1) is 20.6. The molecule has 34 heavy (non-hydrogen) atoms. The molecule has 2 N–H and O–H groups in total. The summed E-state index contributed by atoms with van der Waals surface area (Å²) in [5.74, 6) is 1.04. The first-order valence-corrected chi connectivity index (χ1v) is 11.8. The number of ether oxygens (including phenoxy) is 1. The normalized spacial score (nSPS) is 13.4. The number of methoxy groups -OCH3 is 1. The highest BCUT2D eigenvalue weighted by Crippen LogP contribution is 2.33. The SMILES string of the molecule is COc1ccc(-c2[nH]c3ccccc3c2CCC(=O)N2CCc3[nH]c4ccccc4c3C2)cc1. The number of aromatic amines is 2. The minimum Gasteiger partial charge on any atom is -0.497 e. The standard InChI is InChI=1S/C29H27N3O2/c1-34-20-12-10-19(11-13-20)29-23(21-6-2-5-9-26(21)31-29)14-15-28(33)32-17-16-27-24(18-32)22-7-3-4-8-25(22)30-27/h2-13,30-31H,14-18H2,1H3. The minimum absolute atomic E-state index is 0.210. The van der Waals surface area contributed by atoms with E-state index in [1.807, 2.05) is 23.1 Å². The van der Waals surface area contributed by atoms with Crippen molar-refractivity contribution >= 4 is 27.7 Å². The van der Waals surface area contributed by atoms with Gasteiger partial charge in [0.25, 0.3) is 0 Å². The Bertz CT molecular complexity index is 1490. The number of H-pyrrole nitrogens is 2. The highest BCUT2D eigenvalue weighted by Gasteiger charge is 2.24. The van der Waals surface area contributed by atoms with Crippen molar-refractivity contribution < 1.29 is 9.53 Å². The molecule has 1 amide bonds. The monoisotopic (exact) mass is 449 g/mol. The predicted octanol–water partition coefficient (Wildman–Crippen LogP) is 5.84. The van der Waals surface area contributed by atoms with Crippen LogP contribution in [-0.4, -0.2) is 34.4 Å². The summed E-state index contributed by atoms with van der Waals surface area (Å²) >= 11 is 0. The van der Waals surface area contributed by atoms with Crippen LogP contribution in [0.3, 0.4) is 0 Å². The van der Waals surface area contributed by atoms with Gasteiger partial charge in [0.05, 0.1) is 7.11 Å². The number of para-hydroxylation sites is 2. The van der Waals surface area contributed by atoms with Crippen LogP contribution < -0.4 is 4.74 Å². The van der Waals surface area contributed by atoms with Crippen molar-refractivity contribution in [2.45, 2.75) is 25.8 Å². The van der Waals surface area contributed by atoms with Gasteiger partial charge in [-0.05, 0) is 53.9 Å². The molecule has 5 aromatic rings. The summed E-state index contributed by atoms with van der Waals surface area (Å²) in [6, 6.07) is 24.8. The maximum Gasteiger partial charge on any atom is 0.223 e. The van der Waals surface area contributed by atoms with E-state index in [-0.39, 0.29) is 5.91 Å². The Morgan fingerprint density at radius 3 is 2.38 bits per heavy atom. The molecule has 0 spiro atoms. The lowest BCUT2D eigenvalue weighted by Crippen LogP contribution is -2.35. The average molecular weight is 450 g/mol. The van der Waals surface area contributed by atoms with E-state index in [0.717, 1.165) is 41.0 Å². The van der Waals surface area contributed by atoms with Crippen LogP contribution in [0.5, 0.6) is 5.75 Å². The molecule has 0 bridgehead atoms. The van der Waals surface area contributed by atoms with Crippen molar-refractivity contribution in [3.63, 3.8) is 0 Å². The molecule has 1 aliphatic rings. The molecule has 0 aliphatic carbocycles. The van der Waals surface area contributed by atoms with Crippen molar-refractivity contribution in [1.29, 1.82) is 0 Å². The second-order valence-electron chi connectivity index (χ2n) is 8.95. The molecule has 3 heterocycles. The molecule has 5 heteroatoms. The van der Waals surface area contributed by atoms with Gasteiger partial charge in [-0.15, -0.1) is 0 Å². The number of rotatable bonds is 5. The van der Waals surface area contributed by atoms with Crippen molar-refractivity contribution in [2.75, 3.05) is 13.7 Å². The fourth-order valence-corrected chi connectivity index (χ4v) is 5.23. The lowest BCUT2D eigenvalue weighted by molar-refractivity contribution is -0.132. The lowest BCUT2D eigenvalue weighted by Gasteiger charge is -2.27. The number of amides is 1. The largest absolute Gasteiger partial charge is 0.497 e. The molecule has 170 valence electrons. The molecule has 0 atom stereocenters. The van der Waals surface area contributed by atoms with Gasteiger partial charge in [-0.25, -0.2) is 0 Å². The first-order valence-electron chi connectivity index (χ1n) is 11.8. The van der Waals surface area contributed by atoms with E-state index in [9.17, 15) is 4.79 Å². The fourth-order valence-electron chi connectivity index (χ4n) is 5.23. The first-order chi connectivity index (χ1) is 16.7. The van der Waals surface area contributed by atoms with Gasteiger partial charge in [-0.2, -0.15) is 0 Å². The van der Waals surface area contributed by atoms with Crippen LogP contribution in [0.25, 0.3) is 33.1 Å². The molecule has 6 rings (SSSR count). The van der Waals surface area contributed by atoms with E-state index in [1.54, 1.807) is 7.11 Å². The molecule has 0 saturated heterocycles. The Hall–Kier alpha value is -3.99. The Labute approximate surface area is 198 Å². The Kier molecular flexibility index (Phi) is 5.10. The third-order valence-electron chi connectivity index (χ3n) is 7.02. The summed E-state index contributed by atoms with van der Waals surface area (Å²) in [5, 5.41) is 2.41. The molecular weight excluding hydrogens is 422 g/mol. The van der Waals surface area contributed by atoms with E-state index >= 15 is 0 Å². The van der Waals surface area contributed by atoms with E-state index in [4.69, 9.17) is 4.74 Å². The van der Waals surface area contributed by atoms with Gasteiger partial charge in [-0.3, -0.25) is 4.79 Å². The van der Waals surface area contributed by atoms with Gasteiger partial charge in [0.2, 0.25) is 5.91 Å². The number of aromatic nitrogens is 2. The summed E-state index contributed by atoms with van der Waals surface area (Å²) in [6.45, 7) is 1.44. The quantitative estimate of drug-likeness (QED) is 0.354. The van der Waals surface area contributed by atoms with Crippen LogP contribution in [0.15, 0.2) is 72.8 Å². The minimum atomic E-state index is 0.210. The molecule has 3 aromatic carbocycles. The van der Waals surface area contributed by atoms with Crippen molar-refractivity contribution in [3.8, 4) is 17.0 Å². The molecule has 2 aromatic heterocycles. The summed E-state index contributed by atoms with van der Waals surface area (Å²) in [4.78, 5) is 22.4. The highest BCUT2D eigenvalue weighted by molar-refractivity contribution is 5.92. The average Bonchev–Trinajstić information content (AvgIpc) is 3.45. The van der Waals surface area contributed by atoms with Crippen LogP contribution in [0.2, 0.25) is 0 Å². The maximum absolute atomic E-state index is 13.3. The smallest absolute Gasteiger partial charge is 0.223 e. The van der Waals surface area contributed by atoms with E-state index < -0.39 is 0 Å². The summed E-state index contributed by atoms with van der Waals surface area (Å²) in [6.07, 6.45) is 2.06. The Morgan fingerprint density at radius 1 is 0.912 bits per heavy atom. The molecule has 0 unspecified atom stereocenters. The molecule has 0 saturated carbocycles. The van der Waals surface area contributed by atoms with Crippen LogP contribution in [0.1, 0.15) is 23.2 Å². The van der Waals surface area contributed by atoms with E-state index in [1.165, 1.54) is 27.6 Å². The molecule has 5 nitrogen and oxygen atoms in total. The highest BCUT2D eigenvalue weighted by atomic mass is 16.5. The summed E-state index contributed by atoms with van der Waals surface area (Å²) in [5.41, 5.74) is 8.15. The molecule has 0 fully saturated rings. The second kappa shape index (κ2) is 8.41. The fraction of sp³-hybridized carbons (Fsp3) is 0.207. The van der Waals surface area contributed by atoms with Crippen LogP contribution in [0.4, 0.5) is 0 Å². The van der Waals surface area contributed by atoms with Gasteiger partial charge in [0.15, 0.2) is 0 Å². The third kappa shape index (κ3) is 3.54. The van der Waals surface area contributed by atoms with Gasteiger partial charge in [-0.1, -0.05) is 36.4 Å². The van der Waals surface area contributed by atoms with Crippen molar-refractivity contribution in [2.24, 2.45) is 0 Å². The van der Waals surface area contributed by atoms with Gasteiger partial charge < -0.3 is 19.6 Å². The third-order valence-corrected chi connectivity index (χ3v) is 7.02. The number of nitrogens with zero attached hydrogens (tertiary/aromatic N) is 1. The number of hydrogen-bond acceptors (Lipinski definition) is 2. The van der Waals surface area contributed by atoms with Gasteiger partial charge in [0.1, 0.15) is 5.75 Å². The summed E-state index contributed by atoms with van der Waals surface area (Å²) < 4.78 is 5.32. The zero-order chi connectivity index (χ0) is 23.1. The van der Waals surface area contributed by atoms with Crippen LogP contribution >= 0.6 is 0 Å². The molecule has 1 aliphatic heterocycles. The Balaban J connectivity index is 1.25. The van der Waals surface area contributed by atoms with Gasteiger partial charge in [0, 0.05) is 64.7 Å². The predicted molar refractivity (Wildman–Crippen MR) is 136 cm³/mol. The zero-order valence-electron chi connectivity index (χ0n) is 19.2. The van der Waals surface area contributed by atoms with Crippen LogP contribution in [0, 0.1) is 0 Å². The van der Waals surface area contributed by atoms with Crippen LogP contribution in [-0.2, 0) is 24.2 Å². The van der Waals surface area contributed by atoms with Crippen molar-refractivity contribution in [1.82, 2.24) is 14.9 Å². The number of carbonyl (C=O) groups is 1. The topological polar surface area (TPSA) is 61.1 Å². The second-order valence-corrected chi connectivity index (χ2v) is 8.95. The number of nitrogens with one attached hydrogen (secondary N) is 2. The maximum atomic E-state index is 13.3. The number of fused-ring (bicyclic) bond motifs is 4. The number of aryl methyl sites for hydroxylation is 1. The molecule has 0 radical (unpaired) electrons. The van der Waals surface area contributed by atoms with E-state index in [0.29, 0.717) is 19.4 Å².